The molecule has 1 heterocycles. The van der Waals surface area contributed by atoms with Gasteiger partial charge in [-0.15, -0.1) is 0 Å². The molecule has 1 atom stereocenters. The summed E-state index contributed by atoms with van der Waals surface area (Å²) in [6.07, 6.45) is 6.00. The third-order valence-electron chi connectivity index (χ3n) is 2.88. The van der Waals surface area contributed by atoms with Crippen molar-refractivity contribution in [2.45, 2.75) is 19.4 Å². The molecule has 0 aliphatic carbocycles. The van der Waals surface area contributed by atoms with E-state index >= 15 is 0 Å². The van der Waals surface area contributed by atoms with Crippen molar-refractivity contribution in [3.05, 3.63) is 43.0 Å². The molecule has 0 bridgehead atoms. The molecule has 0 amide bonds. The summed E-state index contributed by atoms with van der Waals surface area (Å²) in [6.45, 7) is 1.94. The van der Waals surface area contributed by atoms with Gasteiger partial charge in [-0.2, -0.15) is 0 Å². The minimum Gasteiger partial charge on any atom is -0.467 e. The highest BCUT2D eigenvalue weighted by atomic mass is 16.5. The minimum atomic E-state index is -0.331. The summed E-state index contributed by atoms with van der Waals surface area (Å²) in [5.74, 6) is -0.254. The average Bonchev–Trinajstić information content (AvgIpc) is 2.98. The molecule has 2 rings (SSSR count). The van der Waals surface area contributed by atoms with Crippen molar-refractivity contribution in [1.82, 2.24) is 9.55 Å². The molecule has 5 nitrogen and oxygen atoms in total. The number of anilines is 1. The van der Waals surface area contributed by atoms with E-state index in [4.69, 9.17) is 4.74 Å². The van der Waals surface area contributed by atoms with E-state index in [9.17, 15) is 4.79 Å². The van der Waals surface area contributed by atoms with Gasteiger partial charge in [0, 0.05) is 23.8 Å². The molecule has 0 saturated heterocycles. The van der Waals surface area contributed by atoms with Gasteiger partial charge in [-0.1, -0.05) is 13.0 Å². The number of nitrogens with one attached hydrogen (secondary N) is 1. The van der Waals surface area contributed by atoms with Crippen LogP contribution in [-0.2, 0) is 9.53 Å². The number of esters is 1. The van der Waals surface area contributed by atoms with E-state index in [0.717, 1.165) is 11.4 Å². The van der Waals surface area contributed by atoms with E-state index in [2.05, 4.69) is 10.3 Å². The van der Waals surface area contributed by atoms with Crippen molar-refractivity contribution in [1.29, 1.82) is 0 Å². The third-order valence-corrected chi connectivity index (χ3v) is 2.88. The predicted octanol–water partition coefficient (Wildman–Crippen LogP) is 2.24. The fourth-order valence-electron chi connectivity index (χ4n) is 1.84. The van der Waals surface area contributed by atoms with E-state index in [-0.39, 0.29) is 12.0 Å². The topological polar surface area (TPSA) is 56.2 Å². The quantitative estimate of drug-likeness (QED) is 0.837. The Bertz CT molecular complexity index is 537. The fourth-order valence-corrected chi connectivity index (χ4v) is 1.84. The zero-order valence-corrected chi connectivity index (χ0v) is 11.0. The molecule has 5 heteroatoms. The normalized spacial score (nSPS) is 11.9. The number of nitrogens with zero attached hydrogens (tertiary/aromatic N) is 2. The first-order valence-corrected chi connectivity index (χ1v) is 6.17. The van der Waals surface area contributed by atoms with Gasteiger partial charge in [0.15, 0.2) is 0 Å². The first-order valence-electron chi connectivity index (χ1n) is 6.17. The molecule has 19 heavy (non-hydrogen) atoms. The number of ether oxygens (including phenoxy) is 1. The number of methoxy groups -OCH3 is 1. The molecule has 1 aromatic carbocycles. The Hall–Kier alpha value is -2.30. The number of benzene rings is 1. The predicted molar refractivity (Wildman–Crippen MR) is 73.3 cm³/mol. The molecule has 1 N–H and O–H groups in total. The summed E-state index contributed by atoms with van der Waals surface area (Å²) in [5, 5.41) is 3.17. The van der Waals surface area contributed by atoms with Crippen molar-refractivity contribution < 1.29 is 9.53 Å². The molecular weight excluding hydrogens is 242 g/mol. The Kier molecular flexibility index (Phi) is 4.18. The third kappa shape index (κ3) is 3.13. The van der Waals surface area contributed by atoms with Crippen LogP contribution in [0.4, 0.5) is 5.69 Å². The lowest BCUT2D eigenvalue weighted by molar-refractivity contribution is -0.141. The maximum absolute atomic E-state index is 11.6. The van der Waals surface area contributed by atoms with Crippen LogP contribution < -0.4 is 5.32 Å². The Morgan fingerprint density at radius 1 is 1.53 bits per heavy atom. The number of aromatic nitrogens is 2. The highest BCUT2D eigenvalue weighted by Crippen LogP contribution is 2.16. The van der Waals surface area contributed by atoms with E-state index in [0.29, 0.717) is 6.42 Å². The van der Waals surface area contributed by atoms with Crippen LogP contribution in [0.5, 0.6) is 0 Å². The smallest absolute Gasteiger partial charge is 0.328 e. The van der Waals surface area contributed by atoms with Gasteiger partial charge in [0.05, 0.1) is 13.4 Å². The molecule has 1 aromatic heterocycles. The van der Waals surface area contributed by atoms with Gasteiger partial charge in [0.1, 0.15) is 6.04 Å². The van der Waals surface area contributed by atoms with Gasteiger partial charge in [-0.3, -0.25) is 0 Å². The Morgan fingerprint density at radius 3 is 3.00 bits per heavy atom. The van der Waals surface area contributed by atoms with Crippen molar-refractivity contribution in [3.63, 3.8) is 0 Å². The number of carbonyl (C=O) groups excluding carboxylic acids is 1. The van der Waals surface area contributed by atoms with E-state index < -0.39 is 0 Å². The van der Waals surface area contributed by atoms with Crippen LogP contribution in [0, 0.1) is 0 Å². The second-order valence-corrected chi connectivity index (χ2v) is 4.15. The van der Waals surface area contributed by atoms with Gasteiger partial charge >= 0.3 is 5.97 Å². The van der Waals surface area contributed by atoms with Crippen LogP contribution in [0.25, 0.3) is 5.69 Å². The maximum Gasteiger partial charge on any atom is 0.328 e. The summed E-state index contributed by atoms with van der Waals surface area (Å²) in [6, 6.07) is 7.47. The summed E-state index contributed by atoms with van der Waals surface area (Å²) in [4.78, 5) is 15.6. The molecule has 0 radical (unpaired) electrons. The first-order chi connectivity index (χ1) is 9.24. The van der Waals surface area contributed by atoms with Crippen LogP contribution in [0.3, 0.4) is 0 Å². The Balaban J connectivity index is 2.17. The molecule has 0 aliphatic heterocycles. The maximum atomic E-state index is 11.6. The molecule has 1 unspecified atom stereocenters. The molecule has 2 aromatic rings. The molecular formula is C14H17N3O2. The van der Waals surface area contributed by atoms with E-state index in [1.807, 2.05) is 42.0 Å². The van der Waals surface area contributed by atoms with Crippen molar-refractivity contribution >= 4 is 11.7 Å². The Labute approximate surface area is 112 Å². The SMILES string of the molecule is CCC(Nc1cccc(-n2ccnc2)c1)C(=O)OC. The van der Waals surface area contributed by atoms with Gasteiger partial charge in [-0.25, -0.2) is 9.78 Å². The van der Waals surface area contributed by atoms with Crippen LogP contribution in [0.15, 0.2) is 43.0 Å². The number of hydrogen-bond donors (Lipinski definition) is 1. The number of imidazole rings is 1. The van der Waals surface area contributed by atoms with Gasteiger partial charge in [0.2, 0.25) is 0 Å². The standard InChI is InChI=1S/C14H17N3O2/c1-3-13(14(18)19-2)16-11-5-4-6-12(9-11)17-8-7-15-10-17/h4-10,13,16H,3H2,1-2H3. The van der Waals surface area contributed by atoms with Crippen molar-refractivity contribution in [2.75, 3.05) is 12.4 Å². The number of hydrogen-bond acceptors (Lipinski definition) is 4. The van der Waals surface area contributed by atoms with Crippen LogP contribution in [-0.4, -0.2) is 28.7 Å². The average molecular weight is 259 g/mol. The fraction of sp³-hybridized carbons (Fsp3) is 0.286. The zero-order valence-electron chi connectivity index (χ0n) is 11.0. The second-order valence-electron chi connectivity index (χ2n) is 4.15. The lowest BCUT2D eigenvalue weighted by atomic mass is 10.2. The highest BCUT2D eigenvalue weighted by molar-refractivity contribution is 5.79. The summed E-state index contributed by atoms with van der Waals surface area (Å²) in [5.41, 5.74) is 1.87. The van der Waals surface area contributed by atoms with Crippen molar-refractivity contribution in [2.24, 2.45) is 0 Å². The van der Waals surface area contributed by atoms with Gasteiger partial charge in [-0.05, 0) is 24.6 Å². The molecule has 0 saturated carbocycles. The van der Waals surface area contributed by atoms with Crippen LogP contribution >= 0.6 is 0 Å². The van der Waals surface area contributed by atoms with Crippen LogP contribution in [0.2, 0.25) is 0 Å². The largest absolute Gasteiger partial charge is 0.467 e. The first kappa shape index (κ1) is 13.1. The lowest BCUT2D eigenvalue weighted by Gasteiger charge is -2.16. The molecule has 0 aliphatic rings. The van der Waals surface area contributed by atoms with Crippen molar-refractivity contribution in [3.8, 4) is 5.69 Å². The summed E-state index contributed by atoms with van der Waals surface area (Å²) in [7, 11) is 1.40. The summed E-state index contributed by atoms with van der Waals surface area (Å²) < 4.78 is 6.67. The minimum absolute atomic E-state index is 0.254. The monoisotopic (exact) mass is 259 g/mol. The van der Waals surface area contributed by atoms with E-state index in [1.54, 1.807) is 12.5 Å². The van der Waals surface area contributed by atoms with E-state index in [1.165, 1.54) is 7.11 Å². The zero-order chi connectivity index (χ0) is 13.7. The highest BCUT2D eigenvalue weighted by Gasteiger charge is 2.16. The Morgan fingerprint density at radius 2 is 2.37 bits per heavy atom. The molecule has 0 fully saturated rings. The van der Waals surface area contributed by atoms with Gasteiger partial charge in [0.25, 0.3) is 0 Å². The lowest BCUT2D eigenvalue weighted by Crippen LogP contribution is -2.29. The van der Waals surface area contributed by atoms with Crippen LogP contribution in [0.1, 0.15) is 13.3 Å². The van der Waals surface area contributed by atoms with Gasteiger partial charge < -0.3 is 14.6 Å². The number of carbonyl (C=O) groups is 1. The summed E-state index contributed by atoms with van der Waals surface area (Å²) >= 11 is 0. The number of rotatable bonds is 5. The molecule has 100 valence electrons. The molecule has 0 spiro atoms. The second kappa shape index (κ2) is 6.04.